The summed E-state index contributed by atoms with van der Waals surface area (Å²) in [5, 5.41) is 5.64. The van der Waals surface area contributed by atoms with Crippen LogP contribution in [0.2, 0.25) is 0 Å². The highest BCUT2D eigenvalue weighted by molar-refractivity contribution is 6.02. The molecule has 8 heteroatoms. The van der Waals surface area contributed by atoms with Crippen LogP contribution in [0.15, 0.2) is 89.5 Å². The van der Waals surface area contributed by atoms with E-state index in [0.717, 1.165) is 11.1 Å². The topological polar surface area (TPSA) is 99.0 Å². The zero-order chi connectivity index (χ0) is 25.3. The molecule has 0 atom stereocenters. The van der Waals surface area contributed by atoms with E-state index in [2.05, 4.69) is 10.6 Å². The number of rotatable bonds is 10. The smallest absolute Gasteiger partial charge is 0.291 e. The minimum atomic E-state index is -0.333. The molecule has 0 saturated heterocycles. The SMILES string of the molecule is COc1cc(C(=O)NCc2ccc(NC(=O)c3ccco3)cc2)cc(OC)c1OCc1ccccc1. The molecule has 0 aliphatic carbocycles. The van der Waals surface area contributed by atoms with Gasteiger partial charge in [0.2, 0.25) is 5.75 Å². The highest BCUT2D eigenvalue weighted by Gasteiger charge is 2.18. The molecule has 0 aliphatic rings. The number of hydrogen-bond donors (Lipinski definition) is 2. The van der Waals surface area contributed by atoms with E-state index in [9.17, 15) is 9.59 Å². The zero-order valence-corrected chi connectivity index (χ0v) is 19.9. The summed E-state index contributed by atoms with van der Waals surface area (Å²) in [5.41, 5.74) is 2.85. The van der Waals surface area contributed by atoms with Crippen molar-refractivity contribution in [2.24, 2.45) is 0 Å². The van der Waals surface area contributed by atoms with E-state index in [1.807, 2.05) is 42.5 Å². The maximum absolute atomic E-state index is 12.9. The van der Waals surface area contributed by atoms with Gasteiger partial charge in [0.1, 0.15) is 6.61 Å². The second kappa shape index (κ2) is 11.6. The Hall–Kier alpha value is -4.72. The van der Waals surface area contributed by atoms with Crippen molar-refractivity contribution in [1.82, 2.24) is 5.32 Å². The maximum Gasteiger partial charge on any atom is 0.291 e. The van der Waals surface area contributed by atoms with Gasteiger partial charge in [0, 0.05) is 17.8 Å². The first-order chi connectivity index (χ1) is 17.6. The highest BCUT2D eigenvalue weighted by atomic mass is 16.5. The summed E-state index contributed by atoms with van der Waals surface area (Å²) in [6.45, 7) is 0.624. The number of amides is 2. The summed E-state index contributed by atoms with van der Waals surface area (Å²) in [5.74, 6) is 0.817. The second-order valence-electron chi connectivity index (χ2n) is 7.80. The molecule has 184 valence electrons. The summed E-state index contributed by atoms with van der Waals surface area (Å²) < 4.78 is 22.0. The van der Waals surface area contributed by atoms with Crippen LogP contribution in [0, 0.1) is 0 Å². The fraction of sp³-hybridized carbons (Fsp3) is 0.143. The van der Waals surface area contributed by atoms with Crippen molar-refractivity contribution in [2.45, 2.75) is 13.2 Å². The predicted octanol–water partition coefficient (Wildman–Crippen LogP) is 5.06. The number of furan rings is 1. The number of anilines is 1. The molecule has 0 unspecified atom stereocenters. The van der Waals surface area contributed by atoms with Gasteiger partial charge in [-0.1, -0.05) is 42.5 Å². The van der Waals surface area contributed by atoms with Crippen LogP contribution < -0.4 is 24.8 Å². The Kier molecular flexibility index (Phi) is 7.87. The number of ether oxygens (including phenoxy) is 3. The summed E-state index contributed by atoms with van der Waals surface area (Å²) >= 11 is 0. The average molecular weight is 487 g/mol. The quantitative estimate of drug-likeness (QED) is 0.325. The van der Waals surface area contributed by atoms with Gasteiger partial charge < -0.3 is 29.3 Å². The predicted molar refractivity (Wildman–Crippen MR) is 135 cm³/mol. The highest BCUT2D eigenvalue weighted by Crippen LogP contribution is 2.39. The van der Waals surface area contributed by atoms with Crippen molar-refractivity contribution >= 4 is 17.5 Å². The summed E-state index contributed by atoms with van der Waals surface area (Å²) in [7, 11) is 3.02. The van der Waals surface area contributed by atoms with Gasteiger partial charge in [-0.05, 0) is 47.5 Å². The number of benzene rings is 3. The molecule has 0 bridgehead atoms. The largest absolute Gasteiger partial charge is 0.493 e. The van der Waals surface area contributed by atoms with E-state index < -0.39 is 0 Å². The minimum Gasteiger partial charge on any atom is -0.493 e. The van der Waals surface area contributed by atoms with Crippen molar-refractivity contribution in [1.29, 1.82) is 0 Å². The first-order valence-corrected chi connectivity index (χ1v) is 11.2. The number of hydrogen-bond acceptors (Lipinski definition) is 6. The molecule has 0 radical (unpaired) electrons. The Morgan fingerprint density at radius 3 is 2.11 bits per heavy atom. The number of carbonyl (C=O) groups excluding carboxylic acids is 2. The number of carbonyl (C=O) groups is 2. The fourth-order valence-corrected chi connectivity index (χ4v) is 3.47. The van der Waals surface area contributed by atoms with Crippen LogP contribution in [0.1, 0.15) is 32.0 Å². The number of methoxy groups -OCH3 is 2. The lowest BCUT2D eigenvalue weighted by atomic mass is 10.1. The van der Waals surface area contributed by atoms with E-state index >= 15 is 0 Å². The third kappa shape index (κ3) is 6.04. The van der Waals surface area contributed by atoms with E-state index in [1.54, 1.807) is 36.4 Å². The van der Waals surface area contributed by atoms with Crippen molar-refractivity contribution in [2.75, 3.05) is 19.5 Å². The molecule has 0 spiro atoms. The molecule has 0 fully saturated rings. The normalized spacial score (nSPS) is 10.4. The van der Waals surface area contributed by atoms with Crippen LogP contribution in [0.5, 0.6) is 17.2 Å². The van der Waals surface area contributed by atoms with Crippen LogP contribution in [0.25, 0.3) is 0 Å². The first-order valence-electron chi connectivity index (χ1n) is 11.2. The second-order valence-corrected chi connectivity index (χ2v) is 7.80. The minimum absolute atomic E-state index is 0.230. The molecule has 0 aliphatic heterocycles. The third-order valence-corrected chi connectivity index (χ3v) is 5.36. The lowest BCUT2D eigenvalue weighted by molar-refractivity contribution is 0.0949. The Labute approximate surface area is 208 Å². The molecule has 4 aromatic rings. The molecule has 1 heterocycles. The molecule has 36 heavy (non-hydrogen) atoms. The average Bonchev–Trinajstić information content (AvgIpc) is 3.47. The van der Waals surface area contributed by atoms with Crippen molar-refractivity contribution in [3.8, 4) is 17.2 Å². The molecule has 2 N–H and O–H groups in total. The van der Waals surface area contributed by atoms with Crippen molar-refractivity contribution in [3.05, 3.63) is 108 Å². The van der Waals surface area contributed by atoms with Gasteiger partial charge in [-0.3, -0.25) is 9.59 Å². The lowest BCUT2D eigenvalue weighted by Gasteiger charge is -2.16. The van der Waals surface area contributed by atoms with Gasteiger partial charge in [-0.25, -0.2) is 0 Å². The zero-order valence-electron chi connectivity index (χ0n) is 19.9. The van der Waals surface area contributed by atoms with E-state index in [4.69, 9.17) is 18.6 Å². The van der Waals surface area contributed by atoms with Gasteiger partial charge in [-0.2, -0.15) is 0 Å². The van der Waals surface area contributed by atoms with E-state index in [1.165, 1.54) is 20.5 Å². The first kappa shape index (κ1) is 24.4. The molecular formula is C28H26N2O6. The number of nitrogens with one attached hydrogen (secondary N) is 2. The maximum atomic E-state index is 12.9. The molecular weight excluding hydrogens is 460 g/mol. The fourth-order valence-electron chi connectivity index (χ4n) is 3.47. The standard InChI is InChI=1S/C28H26N2O6/c1-33-24-15-21(16-25(34-2)26(24)36-18-20-7-4-3-5-8-20)27(31)29-17-19-10-12-22(13-11-19)30-28(32)23-9-6-14-35-23/h3-16H,17-18H2,1-2H3,(H,29,31)(H,30,32). The van der Waals surface area contributed by atoms with E-state index in [0.29, 0.717) is 41.7 Å². The van der Waals surface area contributed by atoms with Gasteiger partial charge in [-0.15, -0.1) is 0 Å². The molecule has 3 aromatic carbocycles. The Morgan fingerprint density at radius 1 is 0.806 bits per heavy atom. The van der Waals surface area contributed by atoms with Crippen LogP contribution in [0.4, 0.5) is 5.69 Å². The van der Waals surface area contributed by atoms with Crippen LogP contribution in [-0.2, 0) is 13.2 Å². The summed E-state index contributed by atoms with van der Waals surface area (Å²) in [6.07, 6.45) is 1.44. The van der Waals surface area contributed by atoms with Crippen LogP contribution >= 0.6 is 0 Å². The molecule has 1 aromatic heterocycles. The molecule has 0 saturated carbocycles. The third-order valence-electron chi connectivity index (χ3n) is 5.36. The van der Waals surface area contributed by atoms with E-state index in [-0.39, 0.29) is 17.6 Å². The Morgan fingerprint density at radius 2 is 1.50 bits per heavy atom. The van der Waals surface area contributed by atoms with Crippen molar-refractivity contribution < 1.29 is 28.2 Å². The Bertz CT molecular complexity index is 1280. The van der Waals surface area contributed by atoms with Crippen LogP contribution in [0.3, 0.4) is 0 Å². The van der Waals surface area contributed by atoms with Gasteiger partial charge in [0.25, 0.3) is 11.8 Å². The summed E-state index contributed by atoms with van der Waals surface area (Å²) in [6, 6.07) is 23.4. The Balaban J connectivity index is 1.39. The molecule has 8 nitrogen and oxygen atoms in total. The lowest BCUT2D eigenvalue weighted by Crippen LogP contribution is -2.23. The van der Waals surface area contributed by atoms with Gasteiger partial charge >= 0.3 is 0 Å². The monoisotopic (exact) mass is 486 g/mol. The van der Waals surface area contributed by atoms with Crippen molar-refractivity contribution in [3.63, 3.8) is 0 Å². The molecule has 2 amide bonds. The van der Waals surface area contributed by atoms with Gasteiger partial charge in [0.15, 0.2) is 17.3 Å². The molecule has 4 rings (SSSR count). The summed E-state index contributed by atoms with van der Waals surface area (Å²) in [4.78, 5) is 24.9. The van der Waals surface area contributed by atoms with Crippen LogP contribution in [-0.4, -0.2) is 26.0 Å². The van der Waals surface area contributed by atoms with Gasteiger partial charge in [0.05, 0.1) is 20.5 Å².